The van der Waals surface area contributed by atoms with Gasteiger partial charge in [-0.15, -0.1) is 0 Å². The van der Waals surface area contributed by atoms with E-state index in [2.05, 4.69) is 20.8 Å². The first-order chi connectivity index (χ1) is 11.5. The lowest BCUT2D eigenvalue weighted by atomic mass is 10.2. The second-order valence-electron chi connectivity index (χ2n) is 5.30. The number of nitrogens with zero attached hydrogens (tertiary/aromatic N) is 2. The minimum absolute atomic E-state index is 0.154. The Kier molecular flexibility index (Phi) is 4.15. The number of urea groups is 1. The van der Waals surface area contributed by atoms with Gasteiger partial charge in [0.2, 0.25) is 11.7 Å². The number of rotatable bonds is 3. The number of aromatic nitrogens is 2. The van der Waals surface area contributed by atoms with E-state index >= 15 is 0 Å². The molecule has 1 aromatic heterocycles. The molecule has 3 rings (SSSR count). The van der Waals surface area contributed by atoms with Crippen molar-refractivity contribution in [3.63, 3.8) is 0 Å². The molecule has 2 amide bonds. The van der Waals surface area contributed by atoms with Crippen LogP contribution >= 0.6 is 0 Å². The predicted octanol–water partition coefficient (Wildman–Crippen LogP) is 3.70. The fourth-order valence-corrected chi connectivity index (χ4v) is 2.23. The van der Waals surface area contributed by atoms with E-state index in [0.717, 1.165) is 11.1 Å². The van der Waals surface area contributed by atoms with Crippen molar-refractivity contribution in [1.82, 2.24) is 10.1 Å². The fourth-order valence-electron chi connectivity index (χ4n) is 2.23. The molecule has 0 saturated heterocycles. The van der Waals surface area contributed by atoms with Crippen molar-refractivity contribution in [2.24, 2.45) is 0 Å². The van der Waals surface area contributed by atoms with Crippen LogP contribution in [0.15, 0.2) is 47.0 Å². The highest BCUT2D eigenvalue weighted by Crippen LogP contribution is 2.22. The van der Waals surface area contributed by atoms with Gasteiger partial charge in [-0.1, -0.05) is 17.3 Å². The van der Waals surface area contributed by atoms with Crippen LogP contribution < -0.4 is 10.6 Å². The van der Waals surface area contributed by atoms with Gasteiger partial charge in [-0.05, 0) is 42.8 Å². The number of benzene rings is 2. The van der Waals surface area contributed by atoms with Crippen LogP contribution in [-0.2, 0) is 0 Å². The first kappa shape index (κ1) is 15.5. The van der Waals surface area contributed by atoms with E-state index in [0.29, 0.717) is 23.1 Å². The second-order valence-corrected chi connectivity index (χ2v) is 5.30. The topological polar surface area (TPSA) is 100 Å². The Labute approximate surface area is 138 Å². The molecule has 7 nitrogen and oxygen atoms in total. The predicted molar refractivity (Wildman–Crippen MR) is 90.0 cm³/mol. The van der Waals surface area contributed by atoms with Crippen molar-refractivity contribution in [3.05, 3.63) is 53.9 Å². The van der Waals surface area contributed by atoms with Crippen LogP contribution in [0.25, 0.3) is 11.4 Å². The summed E-state index contributed by atoms with van der Waals surface area (Å²) in [5.41, 5.74) is 2.73. The SMILES string of the molecule is Cc1nc(-c2cccc(NC(=O)Nc3ccc(O)cc3C)c2)no1. The van der Waals surface area contributed by atoms with Crippen LogP contribution in [0.2, 0.25) is 0 Å². The number of carbonyl (C=O) groups is 1. The number of amides is 2. The number of phenolic OH excluding ortho intramolecular Hbond substituents is 1. The summed E-state index contributed by atoms with van der Waals surface area (Å²) < 4.78 is 4.96. The van der Waals surface area contributed by atoms with Crippen LogP contribution in [0.5, 0.6) is 5.75 Å². The van der Waals surface area contributed by atoms with E-state index in [1.165, 1.54) is 6.07 Å². The van der Waals surface area contributed by atoms with Crippen LogP contribution in [0, 0.1) is 13.8 Å². The number of phenols is 1. The summed E-state index contributed by atoms with van der Waals surface area (Å²) in [7, 11) is 0. The van der Waals surface area contributed by atoms with Gasteiger partial charge in [-0.3, -0.25) is 0 Å². The largest absolute Gasteiger partial charge is 0.508 e. The zero-order valence-corrected chi connectivity index (χ0v) is 13.2. The molecular weight excluding hydrogens is 308 g/mol. The summed E-state index contributed by atoms with van der Waals surface area (Å²) >= 11 is 0. The quantitative estimate of drug-likeness (QED) is 0.638. The monoisotopic (exact) mass is 324 g/mol. The molecular formula is C17H16N4O3. The van der Waals surface area contributed by atoms with Crippen molar-refractivity contribution in [1.29, 1.82) is 0 Å². The first-order valence-electron chi connectivity index (χ1n) is 7.29. The lowest BCUT2D eigenvalue weighted by Crippen LogP contribution is -2.19. The second kappa shape index (κ2) is 6.41. The Balaban J connectivity index is 1.72. The number of anilines is 2. The summed E-state index contributed by atoms with van der Waals surface area (Å²) in [6.45, 7) is 3.51. The summed E-state index contributed by atoms with van der Waals surface area (Å²) in [6, 6.07) is 11.5. The molecule has 0 fully saturated rings. The third kappa shape index (κ3) is 3.52. The lowest BCUT2D eigenvalue weighted by Gasteiger charge is -2.10. The van der Waals surface area contributed by atoms with E-state index in [-0.39, 0.29) is 11.8 Å². The first-order valence-corrected chi connectivity index (χ1v) is 7.29. The lowest BCUT2D eigenvalue weighted by molar-refractivity contribution is 0.262. The average Bonchev–Trinajstić information content (AvgIpc) is 2.97. The van der Waals surface area contributed by atoms with E-state index in [4.69, 9.17) is 4.52 Å². The van der Waals surface area contributed by atoms with Crippen LogP contribution in [0.4, 0.5) is 16.2 Å². The minimum Gasteiger partial charge on any atom is -0.508 e. The Morgan fingerprint density at radius 1 is 1.12 bits per heavy atom. The molecule has 7 heteroatoms. The zero-order valence-electron chi connectivity index (χ0n) is 13.2. The molecule has 0 saturated carbocycles. The molecule has 0 spiro atoms. The number of aromatic hydroxyl groups is 1. The molecule has 3 N–H and O–H groups in total. The summed E-state index contributed by atoms with van der Waals surface area (Å²) in [6.07, 6.45) is 0. The van der Waals surface area contributed by atoms with E-state index in [9.17, 15) is 9.90 Å². The standard InChI is InChI=1S/C17H16N4O3/c1-10-8-14(22)6-7-15(10)20-17(23)19-13-5-3-4-12(9-13)16-18-11(2)24-21-16/h3-9,22H,1-2H3,(H2,19,20,23). The molecule has 0 aliphatic carbocycles. The van der Waals surface area contributed by atoms with Gasteiger partial charge < -0.3 is 20.3 Å². The van der Waals surface area contributed by atoms with Crippen molar-refractivity contribution in [3.8, 4) is 17.1 Å². The number of hydrogen-bond donors (Lipinski definition) is 3. The summed E-state index contributed by atoms with van der Waals surface area (Å²) in [5.74, 6) is 1.09. The Morgan fingerprint density at radius 3 is 2.67 bits per heavy atom. The minimum atomic E-state index is -0.384. The molecule has 0 atom stereocenters. The van der Waals surface area contributed by atoms with Crippen LogP contribution in [0.3, 0.4) is 0 Å². The van der Waals surface area contributed by atoms with Gasteiger partial charge in [0.05, 0.1) is 0 Å². The van der Waals surface area contributed by atoms with E-state index in [1.807, 2.05) is 6.07 Å². The third-order valence-corrected chi connectivity index (χ3v) is 3.36. The normalized spacial score (nSPS) is 10.4. The molecule has 0 aliphatic heterocycles. The van der Waals surface area contributed by atoms with Crippen molar-refractivity contribution in [2.45, 2.75) is 13.8 Å². The molecule has 0 unspecified atom stereocenters. The van der Waals surface area contributed by atoms with Crippen molar-refractivity contribution >= 4 is 17.4 Å². The van der Waals surface area contributed by atoms with E-state index in [1.54, 1.807) is 44.2 Å². The summed E-state index contributed by atoms with van der Waals surface area (Å²) in [5, 5.41) is 18.7. The number of carbonyl (C=O) groups excluding carboxylic acids is 1. The van der Waals surface area contributed by atoms with Crippen molar-refractivity contribution < 1.29 is 14.4 Å². The zero-order chi connectivity index (χ0) is 17.1. The molecule has 0 bridgehead atoms. The van der Waals surface area contributed by atoms with Crippen molar-refractivity contribution in [2.75, 3.05) is 10.6 Å². The molecule has 24 heavy (non-hydrogen) atoms. The van der Waals surface area contributed by atoms with Crippen LogP contribution in [0.1, 0.15) is 11.5 Å². The molecule has 2 aromatic carbocycles. The molecule has 122 valence electrons. The number of aryl methyl sites for hydroxylation is 2. The Bertz CT molecular complexity index is 889. The van der Waals surface area contributed by atoms with Gasteiger partial charge in [0.25, 0.3) is 0 Å². The third-order valence-electron chi connectivity index (χ3n) is 3.36. The molecule has 0 radical (unpaired) electrons. The molecule has 3 aromatic rings. The molecule has 1 heterocycles. The Hall–Kier alpha value is -3.35. The van der Waals surface area contributed by atoms with Crippen LogP contribution in [-0.4, -0.2) is 21.3 Å². The van der Waals surface area contributed by atoms with Gasteiger partial charge in [0, 0.05) is 23.9 Å². The van der Waals surface area contributed by atoms with Gasteiger partial charge >= 0.3 is 6.03 Å². The summed E-state index contributed by atoms with van der Waals surface area (Å²) in [4.78, 5) is 16.3. The van der Waals surface area contributed by atoms with Gasteiger partial charge in [0.15, 0.2) is 0 Å². The van der Waals surface area contributed by atoms with Gasteiger partial charge in [0.1, 0.15) is 5.75 Å². The van der Waals surface area contributed by atoms with E-state index < -0.39 is 0 Å². The highest BCUT2D eigenvalue weighted by molar-refractivity contribution is 6.00. The maximum absolute atomic E-state index is 12.1. The highest BCUT2D eigenvalue weighted by Gasteiger charge is 2.09. The maximum Gasteiger partial charge on any atom is 0.323 e. The number of hydrogen-bond acceptors (Lipinski definition) is 5. The van der Waals surface area contributed by atoms with Gasteiger partial charge in [-0.25, -0.2) is 4.79 Å². The average molecular weight is 324 g/mol. The maximum atomic E-state index is 12.1. The fraction of sp³-hybridized carbons (Fsp3) is 0.118. The Morgan fingerprint density at radius 2 is 1.96 bits per heavy atom. The smallest absolute Gasteiger partial charge is 0.323 e. The molecule has 0 aliphatic rings. The number of nitrogens with one attached hydrogen (secondary N) is 2. The highest BCUT2D eigenvalue weighted by atomic mass is 16.5. The van der Waals surface area contributed by atoms with Gasteiger partial charge in [-0.2, -0.15) is 4.98 Å².